The Bertz CT molecular complexity index is 546. The third-order valence-corrected chi connectivity index (χ3v) is 2.57. The Kier molecular flexibility index (Phi) is 2.86. The van der Waals surface area contributed by atoms with Crippen LogP contribution in [0.4, 0.5) is 0 Å². The minimum Gasteiger partial charge on any atom is -0.469 e. The molecule has 2 N–H and O–H groups in total. The van der Waals surface area contributed by atoms with Crippen LogP contribution in [0.1, 0.15) is 6.23 Å². The first-order chi connectivity index (χ1) is 8.04. The highest BCUT2D eigenvalue weighted by Gasteiger charge is 2.41. The third kappa shape index (κ3) is 1.90. The summed E-state index contributed by atoms with van der Waals surface area (Å²) in [7, 11) is 1.40. The summed E-state index contributed by atoms with van der Waals surface area (Å²) in [6.45, 7) is 3.59. The molecule has 1 aromatic heterocycles. The Balaban J connectivity index is 2.39. The van der Waals surface area contributed by atoms with Gasteiger partial charge in [-0.2, -0.15) is 0 Å². The molecule has 17 heavy (non-hydrogen) atoms. The Morgan fingerprint density at radius 1 is 1.59 bits per heavy atom. The molecule has 1 aromatic rings. The summed E-state index contributed by atoms with van der Waals surface area (Å²) in [6.07, 6.45) is -1.45. The fourth-order valence-electron chi connectivity index (χ4n) is 1.75. The van der Waals surface area contributed by atoms with Gasteiger partial charge >= 0.3 is 5.69 Å². The van der Waals surface area contributed by atoms with Gasteiger partial charge in [-0.3, -0.25) is 14.3 Å². The van der Waals surface area contributed by atoms with Crippen molar-refractivity contribution in [3.8, 4) is 0 Å². The maximum atomic E-state index is 11.5. The Morgan fingerprint density at radius 3 is 2.82 bits per heavy atom. The molecule has 0 spiro atoms. The number of ether oxygens (including phenoxy) is 2. The molecule has 7 nitrogen and oxygen atoms in total. The van der Waals surface area contributed by atoms with Crippen molar-refractivity contribution < 1.29 is 14.6 Å². The van der Waals surface area contributed by atoms with E-state index < -0.39 is 29.7 Å². The molecule has 0 saturated carbocycles. The number of aromatic amines is 1. The second kappa shape index (κ2) is 4.19. The molecule has 1 fully saturated rings. The summed E-state index contributed by atoms with van der Waals surface area (Å²) in [4.78, 5) is 24.5. The molecule has 0 radical (unpaired) electrons. The summed E-state index contributed by atoms with van der Waals surface area (Å²) in [5.41, 5.74) is -1.17. The summed E-state index contributed by atoms with van der Waals surface area (Å²) in [6, 6.07) is 1.17. The third-order valence-electron chi connectivity index (χ3n) is 2.57. The van der Waals surface area contributed by atoms with Gasteiger partial charge in [0.25, 0.3) is 5.56 Å². The van der Waals surface area contributed by atoms with Crippen LogP contribution < -0.4 is 11.2 Å². The molecule has 0 amide bonds. The highest BCUT2D eigenvalue weighted by Crippen LogP contribution is 2.31. The SMILES string of the molecule is C=C1O[C@@H](n2ccc(=O)[nH]c2=O)[C@@H](O)[C@H]1OC. The molecule has 0 aromatic carbocycles. The summed E-state index contributed by atoms with van der Waals surface area (Å²) in [5, 5.41) is 9.90. The van der Waals surface area contributed by atoms with Gasteiger partial charge < -0.3 is 14.6 Å². The quantitative estimate of drug-likeness (QED) is 0.688. The van der Waals surface area contributed by atoms with E-state index in [2.05, 4.69) is 11.6 Å². The lowest BCUT2D eigenvalue weighted by atomic mass is 10.2. The zero-order chi connectivity index (χ0) is 12.6. The summed E-state index contributed by atoms with van der Waals surface area (Å²) in [5.74, 6) is 0.239. The molecule has 2 heterocycles. The van der Waals surface area contributed by atoms with Crippen LogP contribution in [0.15, 0.2) is 34.2 Å². The van der Waals surface area contributed by atoms with Crippen LogP contribution in [0.25, 0.3) is 0 Å². The molecule has 0 aliphatic carbocycles. The molecule has 7 heteroatoms. The van der Waals surface area contributed by atoms with Crippen molar-refractivity contribution in [3.63, 3.8) is 0 Å². The lowest BCUT2D eigenvalue weighted by Crippen LogP contribution is -2.37. The number of aliphatic hydroxyl groups excluding tert-OH is 1. The van der Waals surface area contributed by atoms with Crippen LogP contribution in [-0.4, -0.2) is 34.0 Å². The van der Waals surface area contributed by atoms with Crippen molar-refractivity contribution >= 4 is 0 Å². The highest BCUT2D eigenvalue weighted by molar-refractivity contribution is 5.06. The highest BCUT2D eigenvalue weighted by atomic mass is 16.6. The van der Waals surface area contributed by atoms with Crippen LogP contribution in [0.5, 0.6) is 0 Å². The standard InChI is InChI=1S/C10H12N2O5/c1-5-8(16-2)7(14)9(17-5)12-4-3-6(13)11-10(12)15/h3-4,7-9,14H,1H2,2H3,(H,11,13,15)/t7-,8-,9+/m0/s1. The molecule has 1 saturated heterocycles. The number of H-pyrrole nitrogens is 1. The molecule has 1 aliphatic rings. The summed E-state index contributed by atoms with van der Waals surface area (Å²) < 4.78 is 11.3. The number of nitrogens with one attached hydrogen (secondary N) is 1. The van der Waals surface area contributed by atoms with Gasteiger partial charge in [0.15, 0.2) is 0 Å². The van der Waals surface area contributed by atoms with Crippen molar-refractivity contribution in [2.45, 2.75) is 18.4 Å². The van der Waals surface area contributed by atoms with Crippen LogP contribution in [-0.2, 0) is 9.47 Å². The molecule has 3 atom stereocenters. The maximum absolute atomic E-state index is 11.5. The number of rotatable bonds is 2. The normalized spacial score (nSPS) is 28.1. The number of aromatic nitrogens is 2. The Labute approximate surface area is 95.9 Å². The van der Waals surface area contributed by atoms with Gasteiger partial charge in [0, 0.05) is 19.4 Å². The zero-order valence-electron chi connectivity index (χ0n) is 9.12. The van der Waals surface area contributed by atoms with E-state index in [0.29, 0.717) is 0 Å². The first-order valence-corrected chi connectivity index (χ1v) is 4.92. The van der Waals surface area contributed by atoms with Gasteiger partial charge in [-0.25, -0.2) is 4.79 Å². The number of hydrogen-bond donors (Lipinski definition) is 2. The van der Waals surface area contributed by atoms with Crippen LogP contribution >= 0.6 is 0 Å². The molecule has 0 bridgehead atoms. The monoisotopic (exact) mass is 240 g/mol. The fraction of sp³-hybridized carbons (Fsp3) is 0.400. The fourth-order valence-corrected chi connectivity index (χ4v) is 1.75. The zero-order valence-corrected chi connectivity index (χ0v) is 9.12. The van der Waals surface area contributed by atoms with E-state index in [4.69, 9.17) is 9.47 Å². The van der Waals surface area contributed by atoms with Gasteiger partial charge in [0.1, 0.15) is 18.0 Å². The smallest absolute Gasteiger partial charge is 0.331 e. The number of aliphatic hydroxyl groups is 1. The lowest BCUT2D eigenvalue weighted by molar-refractivity contribution is -0.0260. The van der Waals surface area contributed by atoms with E-state index >= 15 is 0 Å². The Morgan fingerprint density at radius 2 is 2.29 bits per heavy atom. The second-order valence-corrected chi connectivity index (χ2v) is 3.64. The molecular formula is C10H12N2O5. The maximum Gasteiger partial charge on any atom is 0.331 e. The Hall–Kier alpha value is -1.86. The van der Waals surface area contributed by atoms with Gasteiger partial charge in [-0.05, 0) is 0 Å². The first-order valence-electron chi connectivity index (χ1n) is 4.92. The second-order valence-electron chi connectivity index (χ2n) is 3.64. The molecule has 0 unspecified atom stereocenters. The van der Waals surface area contributed by atoms with Gasteiger partial charge in [-0.15, -0.1) is 0 Å². The van der Waals surface area contributed by atoms with Gasteiger partial charge in [0.2, 0.25) is 6.23 Å². The molecule has 92 valence electrons. The van der Waals surface area contributed by atoms with Crippen molar-refractivity contribution in [1.29, 1.82) is 0 Å². The molecular weight excluding hydrogens is 228 g/mol. The van der Waals surface area contributed by atoms with E-state index in [0.717, 1.165) is 4.57 Å². The average molecular weight is 240 g/mol. The molecule has 2 rings (SSSR count). The van der Waals surface area contributed by atoms with E-state index in [1.807, 2.05) is 0 Å². The number of methoxy groups -OCH3 is 1. The topological polar surface area (TPSA) is 93.6 Å². The van der Waals surface area contributed by atoms with E-state index in [1.165, 1.54) is 19.4 Å². The van der Waals surface area contributed by atoms with Crippen LogP contribution in [0.3, 0.4) is 0 Å². The largest absolute Gasteiger partial charge is 0.469 e. The number of nitrogens with zero attached hydrogens (tertiary/aromatic N) is 1. The van der Waals surface area contributed by atoms with Crippen LogP contribution in [0, 0.1) is 0 Å². The van der Waals surface area contributed by atoms with Gasteiger partial charge in [-0.1, -0.05) is 6.58 Å². The van der Waals surface area contributed by atoms with Crippen molar-refractivity contribution in [2.75, 3.05) is 7.11 Å². The minimum atomic E-state index is -1.06. The summed E-state index contributed by atoms with van der Waals surface area (Å²) >= 11 is 0. The van der Waals surface area contributed by atoms with E-state index in [9.17, 15) is 14.7 Å². The van der Waals surface area contributed by atoms with Crippen LogP contribution in [0.2, 0.25) is 0 Å². The predicted octanol–water partition coefficient (Wildman–Crippen LogP) is -1.04. The van der Waals surface area contributed by atoms with Crippen molar-refractivity contribution in [1.82, 2.24) is 9.55 Å². The van der Waals surface area contributed by atoms with Crippen molar-refractivity contribution in [3.05, 3.63) is 45.4 Å². The van der Waals surface area contributed by atoms with Crippen molar-refractivity contribution in [2.24, 2.45) is 0 Å². The minimum absolute atomic E-state index is 0.239. The van der Waals surface area contributed by atoms with E-state index in [-0.39, 0.29) is 5.76 Å². The van der Waals surface area contributed by atoms with Gasteiger partial charge in [0.05, 0.1) is 0 Å². The number of hydrogen-bond acceptors (Lipinski definition) is 5. The molecule has 1 aliphatic heterocycles. The van der Waals surface area contributed by atoms with E-state index in [1.54, 1.807) is 0 Å². The first kappa shape index (κ1) is 11.6. The lowest BCUT2D eigenvalue weighted by Gasteiger charge is -2.16. The predicted molar refractivity (Wildman–Crippen MR) is 57.4 cm³/mol. The average Bonchev–Trinajstić information content (AvgIpc) is 2.54.